The smallest absolute Gasteiger partial charge is 0.241 e. The molecule has 0 saturated carbocycles. The van der Waals surface area contributed by atoms with Crippen LogP contribution in [0.2, 0.25) is 10.0 Å². The zero-order valence-electron chi connectivity index (χ0n) is 19.6. The number of nitrogens with zero attached hydrogens (tertiary/aromatic N) is 5. The van der Waals surface area contributed by atoms with Crippen LogP contribution in [0, 0.1) is 6.92 Å². The zero-order chi connectivity index (χ0) is 24.9. The number of nitrogens with two attached hydrogens (primary N) is 1. The van der Waals surface area contributed by atoms with Crippen molar-refractivity contribution in [3.8, 4) is 17.1 Å². The van der Waals surface area contributed by atoms with Crippen LogP contribution in [0.4, 0.5) is 5.82 Å². The van der Waals surface area contributed by atoms with E-state index in [1.807, 2.05) is 78.8 Å². The molecule has 0 spiro atoms. The monoisotopic (exact) mass is 509 g/mol. The van der Waals surface area contributed by atoms with Gasteiger partial charge in [0.15, 0.2) is 5.82 Å². The molecule has 0 unspecified atom stereocenters. The number of imidazole rings is 1. The van der Waals surface area contributed by atoms with Gasteiger partial charge in [-0.2, -0.15) is 5.10 Å². The molecule has 0 atom stereocenters. The number of aromatic nitrogens is 4. The van der Waals surface area contributed by atoms with Crippen LogP contribution in [0.3, 0.4) is 0 Å². The largest absolute Gasteiger partial charge is 0.368 e. The summed E-state index contributed by atoms with van der Waals surface area (Å²) in [5, 5.41) is 13.5. The molecule has 0 aliphatic carbocycles. The average Bonchev–Trinajstić information content (AvgIpc) is 3.18. The number of carbonyl (C=O) groups excluding carboxylic acids is 1. The molecule has 0 radical (unpaired) electrons. The quantitative estimate of drug-likeness (QED) is 0.404. The van der Waals surface area contributed by atoms with Crippen molar-refractivity contribution >= 4 is 46.0 Å². The van der Waals surface area contributed by atoms with Gasteiger partial charge in [0.1, 0.15) is 22.4 Å². The molecule has 180 valence electrons. The first kappa shape index (κ1) is 23.5. The lowest BCUT2D eigenvalue weighted by Crippen LogP contribution is -2.76. The third kappa shape index (κ3) is 4.01. The number of nitrogens with one attached hydrogen (secondary N) is 1. The Kier molecular flexibility index (Phi) is 5.91. The first-order valence-electron chi connectivity index (χ1n) is 11.3. The van der Waals surface area contributed by atoms with E-state index in [1.165, 1.54) is 0 Å². The van der Waals surface area contributed by atoms with E-state index in [0.717, 1.165) is 16.8 Å². The average molecular weight is 510 g/mol. The van der Waals surface area contributed by atoms with Crippen molar-refractivity contribution in [2.75, 3.05) is 18.0 Å². The minimum Gasteiger partial charge on any atom is -0.368 e. The lowest BCUT2D eigenvalue weighted by Gasteiger charge is -2.49. The van der Waals surface area contributed by atoms with Crippen LogP contribution in [0.1, 0.15) is 19.5 Å². The van der Waals surface area contributed by atoms with Crippen molar-refractivity contribution in [3.63, 3.8) is 0 Å². The number of carbonyl (C=O) groups is 1. The van der Waals surface area contributed by atoms with Gasteiger partial charge in [-0.05, 0) is 57.2 Å². The maximum atomic E-state index is 12.3. The summed E-state index contributed by atoms with van der Waals surface area (Å²) in [5.41, 5.74) is 8.77. The molecular formula is C25H25Cl2N7O. The Labute approximate surface area is 213 Å². The third-order valence-electron chi connectivity index (χ3n) is 6.18. The molecule has 1 fully saturated rings. The fraction of sp³-hybridized carbons (Fsp3) is 0.280. The Balaban J connectivity index is 1.70. The van der Waals surface area contributed by atoms with Crippen molar-refractivity contribution in [2.24, 2.45) is 5.73 Å². The molecule has 2 aromatic carbocycles. The molecule has 1 amide bonds. The van der Waals surface area contributed by atoms with Gasteiger partial charge in [0.2, 0.25) is 5.91 Å². The molecule has 35 heavy (non-hydrogen) atoms. The molecule has 1 aliphatic rings. The van der Waals surface area contributed by atoms with E-state index in [-0.39, 0.29) is 11.9 Å². The lowest BCUT2D eigenvalue weighted by molar-refractivity contribution is -0.125. The summed E-state index contributed by atoms with van der Waals surface area (Å²) < 4.78 is 2.02. The third-order valence-corrected chi connectivity index (χ3v) is 6.77. The van der Waals surface area contributed by atoms with Crippen molar-refractivity contribution in [1.29, 1.82) is 0 Å². The highest BCUT2D eigenvalue weighted by molar-refractivity contribution is 6.33. The summed E-state index contributed by atoms with van der Waals surface area (Å²) in [5.74, 6) is 0.866. The SMILES string of the molecule is Cc1nnc(N2CC(NC(C)C)(C(N)=O)C2)c2nc(-c3ccccc3Cl)n(-c3ccc(Cl)cc3)c12. The van der Waals surface area contributed by atoms with Crippen LogP contribution in [-0.2, 0) is 4.79 Å². The summed E-state index contributed by atoms with van der Waals surface area (Å²) >= 11 is 12.8. The molecule has 5 rings (SSSR count). The molecule has 1 aliphatic heterocycles. The van der Waals surface area contributed by atoms with E-state index in [9.17, 15) is 4.79 Å². The van der Waals surface area contributed by atoms with E-state index in [1.54, 1.807) is 0 Å². The van der Waals surface area contributed by atoms with Gasteiger partial charge in [-0.1, -0.05) is 35.3 Å². The van der Waals surface area contributed by atoms with Crippen molar-refractivity contribution in [3.05, 3.63) is 64.3 Å². The lowest BCUT2D eigenvalue weighted by atomic mass is 9.88. The van der Waals surface area contributed by atoms with Crippen LogP contribution in [-0.4, -0.2) is 50.3 Å². The van der Waals surface area contributed by atoms with Crippen molar-refractivity contribution in [2.45, 2.75) is 32.4 Å². The van der Waals surface area contributed by atoms with Gasteiger partial charge in [0.05, 0.1) is 10.7 Å². The Morgan fingerprint density at radius 3 is 2.40 bits per heavy atom. The molecule has 10 heteroatoms. The summed E-state index contributed by atoms with van der Waals surface area (Å²) in [6.45, 7) is 6.63. The normalized spacial score (nSPS) is 15.0. The highest BCUT2D eigenvalue weighted by atomic mass is 35.5. The van der Waals surface area contributed by atoms with E-state index in [0.29, 0.717) is 46.0 Å². The second-order valence-corrected chi connectivity index (χ2v) is 9.98. The number of rotatable bonds is 6. The number of primary amides is 1. The molecule has 4 aromatic rings. The number of hydrogen-bond acceptors (Lipinski definition) is 6. The first-order chi connectivity index (χ1) is 16.7. The van der Waals surface area contributed by atoms with Crippen LogP contribution >= 0.6 is 23.2 Å². The van der Waals surface area contributed by atoms with E-state index < -0.39 is 5.54 Å². The van der Waals surface area contributed by atoms with Crippen LogP contribution < -0.4 is 16.0 Å². The number of amides is 1. The van der Waals surface area contributed by atoms with Crippen LogP contribution in [0.15, 0.2) is 48.5 Å². The maximum Gasteiger partial charge on any atom is 0.241 e. The van der Waals surface area contributed by atoms with Gasteiger partial charge < -0.3 is 10.6 Å². The predicted octanol–water partition coefficient (Wildman–Crippen LogP) is 4.14. The molecule has 0 bridgehead atoms. The van der Waals surface area contributed by atoms with Crippen LogP contribution in [0.25, 0.3) is 28.1 Å². The fourth-order valence-corrected chi connectivity index (χ4v) is 4.98. The highest BCUT2D eigenvalue weighted by Crippen LogP contribution is 2.38. The number of hydrogen-bond donors (Lipinski definition) is 2. The van der Waals surface area contributed by atoms with Gasteiger partial charge in [-0.15, -0.1) is 5.10 Å². The van der Waals surface area contributed by atoms with Crippen molar-refractivity contribution < 1.29 is 4.79 Å². The fourth-order valence-electron chi connectivity index (χ4n) is 4.63. The van der Waals surface area contributed by atoms with Gasteiger partial charge in [0.25, 0.3) is 0 Å². The first-order valence-corrected chi connectivity index (χ1v) is 12.0. The standard InChI is InChI=1S/C25H25Cl2N7O/c1-14(2)30-25(24(28)35)12-33(13-25)23-20-21(15(3)31-32-23)34(17-10-8-16(26)9-11-17)22(29-20)18-6-4-5-7-19(18)27/h4-11,14,30H,12-13H2,1-3H3,(H2,28,35). The summed E-state index contributed by atoms with van der Waals surface area (Å²) in [7, 11) is 0. The van der Waals surface area contributed by atoms with E-state index in [4.69, 9.17) is 33.9 Å². The van der Waals surface area contributed by atoms with E-state index in [2.05, 4.69) is 15.5 Å². The molecule has 3 N–H and O–H groups in total. The molecule has 3 heterocycles. The van der Waals surface area contributed by atoms with Gasteiger partial charge >= 0.3 is 0 Å². The number of benzene rings is 2. The summed E-state index contributed by atoms with van der Waals surface area (Å²) in [6.07, 6.45) is 0. The number of fused-ring (bicyclic) bond motifs is 1. The number of aryl methyl sites for hydroxylation is 1. The second kappa shape index (κ2) is 8.78. The Bertz CT molecular complexity index is 1430. The predicted molar refractivity (Wildman–Crippen MR) is 139 cm³/mol. The van der Waals surface area contributed by atoms with Gasteiger partial charge in [0, 0.05) is 35.4 Å². The van der Waals surface area contributed by atoms with Gasteiger partial charge in [-0.25, -0.2) is 4.98 Å². The summed E-state index contributed by atoms with van der Waals surface area (Å²) in [6, 6.07) is 15.2. The highest BCUT2D eigenvalue weighted by Gasteiger charge is 2.49. The maximum absolute atomic E-state index is 12.3. The van der Waals surface area contributed by atoms with Crippen molar-refractivity contribution in [1.82, 2.24) is 25.1 Å². The second-order valence-electron chi connectivity index (χ2n) is 9.13. The minimum absolute atomic E-state index is 0.102. The Morgan fingerprint density at radius 1 is 1.09 bits per heavy atom. The molecule has 2 aromatic heterocycles. The zero-order valence-corrected chi connectivity index (χ0v) is 21.1. The number of anilines is 1. The number of halogens is 2. The minimum atomic E-state index is -0.822. The summed E-state index contributed by atoms with van der Waals surface area (Å²) in [4.78, 5) is 19.3. The Hall–Kier alpha value is -3.20. The Morgan fingerprint density at radius 2 is 1.77 bits per heavy atom. The van der Waals surface area contributed by atoms with Crippen LogP contribution in [0.5, 0.6) is 0 Å². The van der Waals surface area contributed by atoms with Gasteiger partial charge in [-0.3, -0.25) is 14.7 Å². The molecule has 8 nitrogen and oxygen atoms in total. The topological polar surface area (TPSA) is 102 Å². The molecule has 1 saturated heterocycles. The molecular weight excluding hydrogens is 485 g/mol. The van der Waals surface area contributed by atoms with E-state index >= 15 is 0 Å².